The fourth-order valence-corrected chi connectivity index (χ4v) is 5.82. The van der Waals surface area contributed by atoms with Crippen molar-refractivity contribution in [1.29, 1.82) is 0 Å². The summed E-state index contributed by atoms with van der Waals surface area (Å²) >= 11 is 0. The molecule has 1 saturated heterocycles. The van der Waals surface area contributed by atoms with Crippen LogP contribution in [0.5, 0.6) is 0 Å². The van der Waals surface area contributed by atoms with Gasteiger partial charge in [0.15, 0.2) is 5.65 Å². The highest BCUT2D eigenvalue weighted by atomic mass is 28.3. The lowest BCUT2D eigenvalue weighted by atomic mass is 9.90. The predicted octanol–water partition coefficient (Wildman–Crippen LogP) is 4.47. The van der Waals surface area contributed by atoms with Crippen molar-refractivity contribution in [2.45, 2.75) is 76.2 Å². The van der Waals surface area contributed by atoms with Crippen LogP contribution < -0.4 is 4.90 Å². The molecule has 2 N–H and O–H groups in total. The van der Waals surface area contributed by atoms with Crippen LogP contribution in [0.4, 0.5) is 10.6 Å². The number of aliphatic carboxylic acids is 1. The van der Waals surface area contributed by atoms with E-state index in [0.717, 1.165) is 22.8 Å². The van der Waals surface area contributed by atoms with Crippen LogP contribution in [0.3, 0.4) is 0 Å². The van der Waals surface area contributed by atoms with Gasteiger partial charge in [-0.25, -0.2) is 14.6 Å². The Morgan fingerprint density at radius 2 is 1.63 bits per heavy atom. The fraction of sp³-hybridized carbons (Fsp3) is 0.680. The molecule has 0 aromatic carbocycles. The maximum Gasteiger partial charge on any atom is 0.408 e. The molecule has 0 radical (unpaired) electrons. The zero-order valence-corrected chi connectivity index (χ0v) is 25.5. The molecule has 2 aromatic heterocycles. The number of piperidine rings is 1. The van der Waals surface area contributed by atoms with Crippen LogP contribution in [-0.2, 0) is 14.3 Å². The number of hydrogen-bond donors (Lipinski definition) is 2. The summed E-state index contributed by atoms with van der Waals surface area (Å²) < 4.78 is 13.9. The molecule has 2 unspecified atom stereocenters. The summed E-state index contributed by atoms with van der Waals surface area (Å²) in [5.41, 5.74) is 1.34. The third-order valence-corrected chi connectivity index (χ3v) is 10.1. The Balaban J connectivity index is 1.86. The smallest absolute Gasteiger partial charge is 0.408 e. The second-order valence-corrected chi connectivity index (χ2v) is 23.7. The Labute approximate surface area is 226 Å². The first kappa shape index (κ1) is 30.1. The minimum atomic E-state index is -1.25. The average molecular weight is 566 g/mol. The van der Waals surface area contributed by atoms with E-state index in [0.29, 0.717) is 44.4 Å². The summed E-state index contributed by atoms with van der Waals surface area (Å²) in [6.07, 6.45) is 1.20. The van der Waals surface area contributed by atoms with Crippen LogP contribution in [0.15, 0.2) is 18.3 Å². The summed E-state index contributed by atoms with van der Waals surface area (Å²) in [5, 5.41) is 23.6. The van der Waals surface area contributed by atoms with Gasteiger partial charge in [-0.2, -0.15) is 9.61 Å². The van der Waals surface area contributed by atoms with Gasteiger partial charge in [-0.15, -0.1) is 0 Å². The van der Waals surface area contributed by atoms with Crippen LogP contribution in [0, 0.1) is 0 Å². The van der Waals surface area contributed by atoms with E-state index in [1.165, 1.54) is 0 Å². The Kier molecular flexibility index (Phi) is 9.95. The van der Waals surface area contributed by atoms with E-state index in [9.17, 15) is 19.8 Å². The quantitative estimate of drug-likeness (QED) is 0.205. The van der Waals surface area contributed by atoms with Crippen LogP contribution in [0.25, 0.3) is 5.65 Å². The molecule has 3 heterocycles. The van der Waals surface area contributed by atoms with Gasteiger partial charge >= 0.3 is 12.1 Å². The van der Waals surface area contributed by atoms with Gasteiger partial charge in [0.25, 0.3) is 0 Å². The van der Waals surface area contributed by atoms with Crippen molar-refractivity contribution in [3.8, 4) is 0 Å². The molecule has 13 heteroatoms. The van der Waals surface area contributed by atoms with Gasteiger partial charge in [0.1, 0.15) is 25.3 Å². The number of carbonyl (C=O) groups is 2. The second kappa shape index (κ2) is 12.6. The number of hydrogen-bond acceptors (Lipinski definition) is 7. The number of likely N-dealkylation sites (tertiary alicyclic amines) is 1. The van der Waals surface area contributed by atoms with E-state index >= 15 is 0 Å². The largest absolute Gasteiger partial charge is 0.480 e. The molecule has 1 amide bonds. The van der Waals surface area contributed by atoms with Gasteiger partial charge in [-0.3, -0.25) is 4.90 Å². The van der Waals surface area contributed by atoms with Crippen molar-refractivity contribution in [3.05, 3.63) is 24.0 Å². The standard InChI is InChI=1S/C25H43N5O6Si2/c1-37(2,3)13-11-35-17-28(18-36-12-14-38(4,5)6)23-15-20(27-22-9-10-26-30(22)23)19-7-8-21(24(31)32)29(16-19)25(33)34/h9-10,15,19,21H,7-8,11-14,16-18H2,1-6H3,(H,31,32)(H,33,34). The van der Waals surface area contributed by atoms with Crippen LogP contribution in [0.2, 0.25) is 51.4 Å². The summed E-state index contributed by atoms with van der Waals surface area (Å²) in [4.78, 5) is 31.2. The number of nitrogens with zero attached hydrogens (tertiary/aromatic N) is 5. The lowest BCUT2D eigenvalue weighted by molar-refractivity contribution is -0.143. The number of amides is 1. The minimum Gasteiger partial charge on any atom is -0.480 e. The number of fused-ring (bicyclic) bond motifs is 1. The van der Waals surface area contributed by atoms with Crippen molar-refractivity contribution in [1.82, 2.24) is 19.5 Å². The van der Waals surface area contributed by atoms with Crippen molar-refractivity contribution in [2.75, 3.05) is 38.1 Å². The molecule has 0 bridgehead atoms. The molecule has 1 aliphatic heterocycles. The average Bonchev–Trinajstić information content (AvgIpc) is 3.29. The van der Waals surface area contributed by atoms with Gasteiger partial charge in [0.05, 0.1) is 11.9 Å². The first-order valence-electron chi connectivity index (χ1n) is 13.2. The summed E-state index contributed by atoms with van der Waals surface area (Å²) in [6, 6.07) is 4.77. The zero-order chi connectivity index (χ0) is 28.1. The molecular formula is C25H43N5O6Si2. The van der Waals surface area contributed by atoms with Gasteiger partial charge in [0.2, 0.25) is 0 Å². The van der Waals surface area contributed by atoms with Crippen molar-refractivity contribution < 1.29 is 29.3 Å². The maximum absolute atomic E-state index is 11.8. The minimum absolute atomic E-state index is 0.0719. The maximum atomic E-state index is 11.8. The normalized spacial score (nSPS) is 18.6. The lowest BCUT2D eigenvalue weighted by Crippen LogP contribution is -2.49. The molecule has 38 heavy (non-hydrogen) atoms. The Morgan fingerprint density at radius 3 is 2.16 bits per heavy atom. The molecule has 1 fully saturated rings. The second-order valence-electron chi connectivity index (χ2n) is 12.4. The molecular weight excluding hydrogens is 522 g/mol. The van der Waals surface area contributed by atoms with E-state index in [1.54, 1.807) is 16.8 Å². The molecule has 0 spiro atoms. The topological polar surface area (TPSA) is 130 Å². The first-order valence-corrected chi connectivity index (χ1v) is 20.6. The van der Waals surface area contributed by atoms with E-state index in [2.05, 4.69) is 44.4 Å². The molecule has 1 aliphatic rings. The number of rotatable bonds is 13. The molecule has 2 atom stereocenters. The molecule has 0 aliphatic carbocycles. The highest BCUT2D eigenvalue weighted by Gasteiger charge is 2.37. The molecule has 11 nitrogen and oxygen atoms in total. The van der Waals surface area contributed by atoms with E-state index < -0.39 is 34.3 Å². The van der Waals surface area contributed by atoms with Crippen molar-refractivity contribution in [2.24, 2.45) is 0 Å². The van der Waals surface area contributed by atoms with Gasteiger partial charge in [-0.1, -0.05) is 39.3 Å². The van der Waals surface area contributed by atoms with Crippen LogP contribution in [0.1, 0.15) is 24.5 Å². The number of ether oxygens (including phenoxy) is 2. The van der Waals surface area contributed by atoms with Crippen molar-refractivity contribution in [3.63, 3.8) is 0 Å². The molecule has 2 aromatic rings. The number of carboxylic acid groups (broad SMARTS) is 2. The molecule has 212 valence electrons. The molecule has 3 rings (SSSR count). The third-order valence-electron chi connectivity index (χ3n) is 6.70. The van der Waals surface area contributed by atoms with E-state index in [4.69, 9.17) is 14.5 Å². The van der Waals surface area contributed by atoms with Gasteiger partial charge in [-0.05, 0) is 24.9 Å². The zero-order valence-electron chi connectivity index (χ0n) is 23.5. The fourth-order valence-electron chi connectivity index (χ4n) is 4.31. The monoisotopic (exact) mass is 565 g/mol. The van der Waals surface area contributed by atoms with E-state index in [-0.39, 0.29) is 18.9 Å². The van der Waals surface area contributed by atoms with Gasteiger partial charge < -0.3 is 24.6 Å². The highest BCUT2D eigenvalue weighted by Crippen LogP contribution is 2.32. The summed E-state index contributed by atoms with van der Waals surface area (Å²) in [6.45, 7) is 15.9. The van der Waals surface area contributed by atoms with E-state index in [1.807, 2.05) is 11.0 Å². The molecule has 0 saturated carbocycles. The Bertz CT molecular complexity index is 1080. The Morgan fingerprint density at radius 1 is 1.03 bits per heavy atom. The van der Waals surface area contributed by atoms with Crippen LogP contribution in [-0.4, -0.2) is 97.2 Å². The number of aromatic nitrogens is 3. The summed E-state index contributed by atoms with van der Waals surface area (Å²) in [5.74, 6) is -0.607. The number of anilines is 1. The van der Waals surface area contributed by atoms with Crippen molar-refractivity contribution >= 4 is 39.7 Å². The highest BCUT2D eigenvalue weighted by molar-refractivity contribution is 6.76. The summed E-state index contributed by atoms with van der Waals surface area (Å²) in [7, 11) is -2.49. The number of carboxylic acids is 1. The van der Waals surface area contributed by atoms with Crippen LogP contribution >= 0.6 is 0 Å². The predicted molar refractivity (Wildman–Crippen MR) is 152 cm³/mol. The van der Waals surface area contributed by atoms with Gasteiger partial charge in [0, 0.05) is 54.0 Å². The lowest BCUT2D eigenvalue weighted by Gasteiger charge is -2.35. The SMILES string of the molecule is C[Si](C)(C)CCOCN(COCC[Si](C)(C)C)c1cc(C2CCC(C(=O)O)N(C(=O)O)C2)nc2ccnn12. The Hall–Kier alpha value is -2.49. The third kappa shape index (κ3) is 8.51. The first-order chi connectivity index (χ1) is 17.7.